The van der Waals surface area contributed by atoms with Crippen LogP contribution in [0.3, 0.4) is 0 Å². The van der Waals surface area contributed by atoms with Crippen LogP contribution >= 0.6 is 11.6 Å². The standard InChI is InChI=1S/C9H15ClO/c10-7-2-1-4-8-5-3-6-9(8)11/h1,4,8-9,11H,2-3,5-7H2/b4-1+/t8-,9+/m1/s1. The molecule has 1 rings (SSSR count). The van der Waals surface area contributed by atoms with Gasteiger partial charge in [-0.1, -0.05) is 18.6 Å². The number of allylic oxidation sites excluding steroid dienone is 1. The molecule has 64 valence electrons. The van der Waals surface area contributed by atoms with Crippen LogP contribution in [0.5, 0.6) is 0 Å². The van der Waals surface area contributed by atoms with Gasteiger partial charge in [0.25, 0.3) is 0 Å². The fraction of sp³-hybridized carbons (Fsp3) is 0.778. The van der Waals surface area contributed by atoms with E-state index in [4.69, 9.17) is 11.6 Å². The fourth-order valence-corrected chi connectivity index (χ4v) is 1.65. The Labute approximate surface area is 73.1 Å². The summed E-state index contributed by atoms with van der Waals surface area (Å²) in [6.45, 7) is 0. The van der Waals surface area contributed by atoms with E-state index in [-0.39, 0.29) is 6.10 Å². The van der Waals surface area contributed by atoms with Crippen LogP contribution < -0.4 is 0 Å². The van der Waals surface area contributed by atoms with Gasteiger partial charge in [-0.25, -0.2) is 0 Å². The van der Waals surface area contributed by atoms with Gasteiger partial charge >= 0.3 is 0 Å². The summed E-state index contributed by atoms with van der Waals surface area (Å²) in [6, 6.07) is 0. The fourth-order valence-electron chi connectivity index (χ4n) is 1.53. The van der Waals surface area contributed by atoms with E-state index in [0.717, 1.165) is 25.7 Å². The van der Waals surface area contributed by atoms with Crippen molar-refractivity contribution in [2.24, 2.45) is 5.92 Å². The Balaban J connectivity index is 2.24. The smallest absolute Gasteiger partial charge is 0.0602 e. The van der Waals surface area contributed by atoms with Crippen LogP contribution in [0.25, 0.3) is 0 Å². The lowest BCUT2D eigenvalue weighted by Gasteiger charge is -2.07. The molecule has 2 atom stereocenters. The average Bonchev–Trinajstić information content (AvgIpc) is 2.37. The normalized spacial score (nSPS) is 31.8. The lowest BCUT2D eigenvalue weighted by molar-refractivity contribution is 0.153. The van der Waals surface area contributed by atoms with Crippen molar-refractivity contribution in [2.75, 3.05) is 5.88 Å². The SMILES string of the molecule is O[C@H]1CCC[C@H]1/C=C/CCCl. The molecule has 0 unspecified atom stereocenters. The van der Waals surface area contributed by atoms with Gasteiger partial charge in [0.05, 0.1) is 6.10 Å². The summed E-state index contributed by atoms with van der Waals surface area (Å²) in [7, 11) is 0. The highest BCUT2D eigenvalue weighted by Crippen LogP contribution is 2.26. The first-order valence-corrected chi connectivity index (χ1v) is 4.78. The zero-order valence-corrected chi connectivity index (χ0v) is 7.43. The Kier molecular flexibility index (Phi) is 3.95. The third-order valence-corrected chi connectivity index (χ3v) is 2.41. The van der Waals surface area contributed by atoms with Crippen LogP contribution in [0.4, 0.5) is 0 Å². The van der Waals surface area contributed by atoms with Gasteiger partial charge in [-0.3, -0.25) is 0 Å². The monoisotopic (exact) mass is 174 g/mol. The van der Waals surface area contributed by atoms with Gasteiger partial charge in [-0.05, 0) is 19.3 Å². The Morgan fingerprint density at radius 1 is 1.45 bits per heavy atom. The second-order valence-corrected chi connectivity index (χ2v) is 3.45. The topological polar surface area (TPSA) is 20.2 Å². The minimum atomic E-state index is -0.0958. The number of hydrogen-bond acceptors (Lipinski definition) is 1. The van der Waals surface area contributed by atoms with Gasteiger partial charge in [0.1, 0.15) is 0 Å². The van der Waals surface area contributed by atoms with E-state index in [1.54, 1.807) is 0 Å². The molecule has 0 radical (unpaired) electrons. The molecule has 0 heterocycles. The van der Waals surface area contributed by atoms with Crippen LogP contribution in [0.2, 0.25) is 0 Å². The molecule has 0 spiro atoms. The minimum Gasteiger partial charge on any atom is -0.393 e. The van der Waals surface area contributed by atoms with E-state index in [1.807, 2.05) is 0 Å². The van der Waals surface area contributed by atoms with Crippen molar-refractivity contribution in [3.63, 3.8) is 0 Å². The number of alkyl halides is 1. The molecule has 1 aliphatic carbocycles. The van der Waals surface area contributed by atoms with Crippen molar-refractivity contribution < 1.29 is 5.11 Å². The van der Waals surface area contributed by atoms with Crippen LogP contribution in [0.1, 0.15) is 25.7 Å². The van der Waals surface area contributed by atoms with Crippen LogP contribution in [0.15, 0.2) is 12.2 Å². The quantitative estimate of drug-likeness (QED) is 0.515. The number of aliphatic hydroxyl groups excluding tert-OH is 1. The van der Waals surface area contributed by atoms with Gasteiger partial charge in [0.15, 0.2) is 0 Å². The Bertz CT molecular complexity index is 134. The summed E-state index contributed by atoms with van der Waals surface area (Å²) >= 11 is 5.51. The largest absolute Gasteiger partial charge is 0.393 e. The molecule has 1 saturated carbocycles. The second kappa shape index (κ2) is 4.78. The molecule has 0 bridgehead atoms. The molecule has 0 saturated heterocycles. The molecule has 2 heteroatoms. The van der Waals surface area contributed by atoms with Crippen LogP contribution in [-0.4, -0.2) is 17.1 Å². The van der Waals surface area contributed by atoms with Crippen molar-refractivity contribution in [3.8, 4) is 0 Å². The molecular formula is C9H15ClO. The highest BCUT2D eigenvalue weighted by molar-refractivity contribution is 6.17. The molecule has 1 nitrogen and oxygen atoms in total. The molecule has 1 fully saturated rings. The summed E-state index contributed by atoms with van der Waals surface area (Å²) in [5.74, 6) is 1.08. The van der Waals surface area contributed by atoms with Crippen LogP contribution in [0, 0.1) is 5.92 Å². The predicted octanol–water partition coefficient (Wildman–Crippen LogP) is 2.33. The van der Waals surface area contributed by atoms with Gasteiger partial charge < -0.3 is 5.11 Å². The molecule has 0 aliphatic heterocycles. The highest BCUT2D eigenvalue weighted by atomic mass is 35.5. The van der Waals surface area contributed by atoms with Crippen molar-refractivity contribution in [2.45, 2.75) is 31.8 Å². The van der Waals surface area contributed by atoms with E-state index < -0.39 is 0 Å². The van der Waals surface area contributed by atoms with E-state index >= 15 is 0 Å². The van der Waals surface area contributed by atoms with Gasteiger partial charge in [0, 0.05) is 11.8 Å². The summed E-state index contributed by atoms with van der Waals surface area (Å²) in [5, 5.41) is 9.40. The third kappa shape index (κ3) is 2.84. The highest BCUT2D eigenvalue weighted by Gasteiger charge is 2.21. The third-order valence-electron chi connectivity index (χ3n) is 2.19. The van der Waals surface area contributed by atoms with Crippen LogP contribution in [-0.2, 0) is 0 Å². The Morgan fingerprint density at radius 3 is 2.82 bits per heavy atom. The van der Waals surface area contributed by atoms with Crippen molar-refractivity contribution in [1.82, 2.24) is 0 Å². The summed E-state index contributed by atoms with van der Waals surface area (Å²) in [4.78, 5) is 0. The molecule has 11 heavy (non-hydrogen) atoms. The second-order valence-electron chi connectivity index (χ2n) is 3.07. The summed E-state index contributed by atoms with van der Waals surface area (Å²) < 4.78 is 0. The zero-order valence-electron chi connectivity index (χ0n) is 6.67. The summed E-state index contributed by atoms with van der Waals surface area (Å²) in [5.41, 5.74) is 0. The summed E-state index contributed by atoms with van der Waals surface area (Å²) in [6.07, 6.45) is 8.28. The van der Waals surface area contributed by atoms with E-state index in [2.05, 4.69) is 12.2 Å². The van der Waals surface area contributed by atoms with Gasteiger partial charge in [-0.2, -0.15) is 0 Å². The maximum Gasteiger partial charge on any atom is 0.0602 e. The lowest BCUT2D eigenvalue weighted by atomic mass is 10.1. The maximum absolute atomic E-state index is 9.40. The van der Waals surface area contributed by atoms with Gasteiger partial charge in [-0.15, -0.1) is 11.6 Å². The molecule has 0 amide bonds. The molecule has 1 N–H and O–H groups in total. The average molecular weight is 175 g/mol. The number of rotatable bonds is 3. The van der Waals surface area contributed by atoms with E-state index in [0.29, 0.717) is 11.8 Å². The molecule has 0 aromatic rings. The van der Waals surface area contributed by atoms with Crippen molar-refractivity contribution in [3.05, 3.63) is 12.2 Å². The first-order chi connectivity index (χ1) is 5.34. The first kappa shape index (κ1) is 9.08. The Hall–Kier alpha value is -0.0100. The molecule has 0 aromatic heterocycles. The lowest BCUT2D eigenvalue weighted by Crippen LogP contribution is -2.09. The van der Waals surface area contributed by atoms with E-state index in [1.165, 1.54) is 0 Å². The minimum absolute atomic E-state index is 0.0958. The number of hydrogen-bond donors (Lipinski definition) is 1. The number of aliphatic hydroxyl groups is 1. The maximum atomic E-state index is 9.40. The van der Waals surface area contributed by atoms with Crippen molar-refractivity contribution in [1.29, 1.82) is 0 Å². The number of halogens is 1. The molecule has 0 aromatic carbocycles. The van der Waals surface area contributed by atoms with Gasteiger partial charge in [0.2, 0.25) is 0 Å². The molecular weight excluding hydrogens is 160 g/mol. The first-order valence-electron chi connectivity index (χ1n) is 4.25. The van der Waals surface area contributed by atoms with Crippen molar-refractivity contribution >= 4 is 11.6 Å². The zero-order chi connectivity index (χ0) is 8.10. The predicted molar refractivity (Wildman–Crippen MR) is 47.8 cm³/mol. The van der Waals surface area contributed by atoms with E-state index in [9.17, 15) is 5.11 Å². The Morgan fingerprint density at radius 2 is 2.27 bits per heavy atom. The molecule has 1 aliphatic rings.